The van der Waals surface area contributed by atoms with Gasteiger partial charge in [-0.15, -0.1) is 0 Å². The Morgan fingerprint density at radius 1 is 0.898 bits per heavy atom. The van der Waals surface area contributed by atoms with Crippen molar-refractivity contribution in [2.45, 2.75) is 32.9 Å². The topological polar surface area (TPSA) is 214 Å². The Kier molecular flexibility index (Phi) is 10.4. The van der Waals surface area contributed by atoms with Crippen molar-refractivity contribution in [3.05, 3.63) is 64.7 Å². The number of hydrogen-bond donors (Lipinski definition) is 6. The van der Waals surface area contributed by atoms with Crippen molar-refractivity contribution in [3.63, 3.8) is 0 Å². The molecule has 0 saturated carbocycles. The van der Waals surface area contributed by atoms with Crippen LogP contribution in [0.25, 0.3) is 22.4 Å². The molecule has 0 bridgehead atoms. The van der Waals surface area contributed by atoms with E-state index < -0.39 is 52.2 Å². The second-order valence-electron chi connectivity index (χ2n) is 11.5. The number of imidazole rings is 1. The number of anilines is 2. The first-order valence-corrected chi connectivity index (χ1v) is 14.7. The number of ether oxygens (including phenoxy) is 3. The summed E-state index contributed by atoms with van der Waals surface area (Å²) in [6.07, 6.45) is -1.01. The molecule has 8 N–H and O–H groups in total. The lowest BCUT2D eigenvalue weighted by atomic mass is 10.0. The van der Waals surface area contributed by atoms with Crippen LogP contribution in [0.4, 0.5) is 25.0 Å². The average molecular weight is 683 g/mol. The number of nitrogens with one attached hydrogen (secondary N) is 4. The molecule has 0 spiro atoms. The zero-order valence-corrected chi connectivity index (χ0v) is 27.5. The number of fused-ring (bicyclic) bond motifs is 1. The zero-order chi connectivity index (χ0) is 36.2. The molecule has 0 unspecified atom stereocenters. The van der Waals surface area contributed by atoms with Crippen molar-refractivity contribution in [2.24, 2.45) is 11.5 Å². The monoisotopic (exact) mass is 682 g/mol. The van der Waals surface area contributed by atoms with Gasteiger partial charge in [-0.3, -0.25) is 19.8 Å². The van der Waals surface area contributed by atoms with Gasteiger partial charge in [0.1, 0.15) is 34.3 Å². The number of benzene rings is 3. The molecule has 3 aromatic carbocycles. The molecule has 0 saturated heterocycles. The number of hydrazine groups is 1. The Bertz CT molecular complexity index is 1960. The van der Waals surface area contributed by atoms with Gasteiger partial charge in [0.2, 0.25) is 0 Å². The number of halogens is 2. The van der Waals surface area contributed by atoms with Gasteiger partial charge in [-0.05, 0) is 51.1 Å². The largest absolute Gasteiger partial charge is 0.494 e. The number of nitrogens with two attached hydrogens (primary N) is 2. The third-order valence-corrected chi connectivity index (χ3v) is 7.07. The third kappa shape index (κ3) is 7.55. The molecule has 17 heteroatoms. The number of rotatable bonds is 11. The lowest BCUT2D eigenvalue weighted by molar-refractivity contribution is 0.0483. The van der Waals surface area contributed by atoms with Crippen LogP contribution in [-0.4, -0.2) is 66.8 Å². The van der Waals surface area contributed by atoms with Crippen LogP contribution < -0.4 is 42.4 Å². The zero-order valence-electron chi connectivity index (χ0n) is 27.5. The van der Waals surface area contributed by atoms with E-state index in [9.17, 15) is 23.6 Å². The Hall–Kier alpha value is -6.13. The fourth-order valence-electron chi connectivity index (χ4n) is 5.13. The van der Waals surface area contributed by atoms with Crippen LogP contribution in [0.2, 0.25) is 0 Å². The SMILES string of the molecule is CNc1c(NCCn2c(-c3c(F)cc(F)cc3C(=O)NNC(=O)OC(C)(C)C)nc3c(OC)c(C(N)=O)ccc32)ccc(C(N)=O)c1OC. The van der Waals surface area contributed by atoms with Crippen molar-refractivity contribution in [1.82, 2.24) is 20.4 Å². The summed E-state index contributed by atoms with van der Waals surface area (Å²) in [5.41, 5.74) is 14.9. The number of carbonyl (C=O) groups excluding carboxylic acids is 4. The van der Waals surface area contributed by atoms with E-state index in [0.717, 1.165) is 6.07 Å². The summed E-state index contributed by atoms with van der Waals surface area (Å²) < 4.78 is 47.9. The maximum atomic E-state index is 15.8. The quantitative estimate of drug-likeness (QED) is 0.127. The molecule has 260 valence electrons. The van der Waals surface area contributed by atoms with Crippen molar-refractivity contribution in [3.8, 4) is 22.9 Å². The molecule has 0 aliphatic rings. The maximum Gasteiger partial charge on any atom is 0.426 e. The van der Waals surface area contributed by atoms with Crippen molar-refractivity contribution < 1.29 is 42.2 Å². The predicted molar refractivity (Wildman–Crippen MR) is 177 cm³/mol. The van der Waals surface area contributed by atoms with E-state index in [2.05, 4.69) is 26.5 Å². The van der Waals surface area contributed by atoms with E-state index >= 15 is 4.39 Å². The molecule has 0 aliphatic carbocycles. The highest BCUT2D eigenvalue weighted by atomic mass is 19.1. The van der Waals surface area contributed by atoms with Crippen LogP contribution in [-0.2, 0) is 11.3 Å². The highest BCUT2D eigenvalue weighted by Crippen LogP contribution is 2.37. The van der Waals surface area contributed by atoms with Crippen molar-refractivity contribution in [2.75, 3.05) is 38.4 Å². The summed E-state index contributed by atoms with van der Waals surface area (Å²) in [7, 11) is 4.31. The lowest BCUT2D eigenvalue weighted by Crippen LogP contribution is -2.44. The van der Waals surface area contributed by atoms with Gasteiger partial charge in [-0.2, -0.15) is 0 Å². The maximum absolute atomic E-state index is 15.8. The van der Waals surface area contributed by atoms with Crippen LogP contribution in [0.1, 0.15) is 51.8 Å². The fraction of sp³-hybridized carbons (Fsp3) is 0.281. The number of amides is 4. The minimum Gasteiger partial charge on any atom is -0.494 e. The molecule has 1 aromatic heterocycles. The first-order chi connectivity index (χ1) is 23.1. The van der Waals surface area contributed by atoms with Crippen LogP contribution in [0.15, 0.2) is 36.4 Å². The molecule has 1 heterocycles. The number of primary amides is 2. The smallest absolute Gasteiger partial charge is 0.426 e. The highest BCUT2D eigenvalue weighted by molar-refractivity contribution is 6.04. The standard InChI is InChI=1S/C32H36F2N8O7/c1-32(2,3)49-31(46)41-40-30(45)18-13-15(33)14-19(34)22(18)29-39-24-21(10-8-17(28(36)44)26(24)48-6)42(29)12-11-38-20-9-7-16(27(35)43)25(47-5)23(20)37-4/h7-10,13-14,37-38H,11-12H2,1-6H3,(H2,35,43)(H2,36,44)(H,40,45)(H,41,46). The van der Waals surface area contributed by atoms with E-state index in [4.69, 9.17) is 25.7 Å². The Balaban J connectivity index is 1.83. The van der Waals surface area contributed by atoms with E-state index in [-0.39, 0.29) is 47.1 Å². The predicted octanol–water partition coefficient (Wildman–Crippen LogP) is 3.52. The molecule has 0 fully saturated rings. The van der Waals surface area contributed by atoms with Gasteiger partial charge in [-0.1, -0.05) is 0 Å². The molecule has 0 radical (unpaired) electrons. The first kappa shape index (κ1) is 35.7. The summed E-state index contributed by atoms with van der Waals surface area (Å²) >= 11 is 0. The summed E-state index contributed by atoms with van der Waals surface area (Å²) in [5.74, 6) is -4.76. The molecular formula is C32H36F2N8O7. The van der Waals surface area contributed by atoms with Gasteiger partial charge in [0, 0.05) is 26.2 Å². The average Bonchev–Trinajstić information content (AvgIpc) is 3.39. The number of hydrogen-bond acceptors (Lipinski definition) is 10. The molecule has 4 rings (SSSR count). The van der Waals surface area contributed by atoms with Gasteiger partial charge in [-0.25, -0.2) is 24.0 Å². The summed E-state index contributed by atoms with van der Waals surface area (Å²) in [4.78, 5) is 54.2. The second-order valence-corrected chi connectivity index (χ2v) is 11.5. The molecule has 15 nitrogen and oxygen atoms in total. The Morgan fingerprint density at radius 2 is 1.53 bits per heavy atom. The second kappa shape index (κ2) is 14.3. The van der Waals surface area contributed by atoms with E-state index in [1.807, 2.05) is 0 Å². The molecule has 49 heavy (non-hydrogen) atoms. The molecule has 4 aromatic rings. The minimum absolute atomic E-state index is 0.0104. The third-order valence-electron chi connectivity index (χ3n) is 7.07. The van der Waals surface area contributed by atoms with Crippen LogP contribution in [0, 0.1) is 11.6 Å². The Morgan fingerprint density at radius 3 is 2.12 bits per heavy atom. The van der Waals surface area contributed by atoms with Crippen molar-refractivity contribution in [1.29, 1.82) is 0 Å². The van der Waals surface area contributed by atoms with Gasteiger partial charge in [0.25, 0.3) is 17.7 Å². The van der Waals surface area contributed by atoms with Crippen molar-refractivity contribution >= 4 is 46.2 Å². The molecule has 0 atom stereocenters. The molecule has 4 amide bonds. The summed E-state index contributed by atoms with van der Waals surface area (Å²) in [5, 5.41) is 6.19. The minimum atomic E-state index is -1.15. The number of aromatic nitrogens is 2. The first-order valence-electron chi connectivity index (χ1n) is 14.7. The summed E-state index contributed by atoms with van der Waals surface area (Å²) in [6, 6.07) is 7.39. The Labute approximate surface area is 279 Å². The van der Waals surface area contributed by atoms with Gasteiger partial charge >= 0.3 is 6.09 Å². The molecule has 0 aliphatic heterocycles. The van der Waals surface area contributed by atoms with Gasteiger partial charge in [0.15, 0.2) is 11.5 Å². The fourth-order valence-corrected chi connectivity index (χ4v) is 5.13. The lowest BCUT2D eigenvalue weighted by Gasteiger charge is -2.20. The summed E-state index contributed by atoms with van der Waals surface area (Å²) in [6.45, 7) is 5.01. The van der Waals surface area contributed by atoms with Gasteiger partial charge in [0.05, 0.1) is 47.7 Å². The van der Waals surface area contributed by atoms with E-state index in [0.29, 0.717) is 23.0 Å². The number of methoxy groups -OCH3 is 2. The number of nitrogens with zero attached hydrogens (tertiary/aromatic N) is 2. The normalized spacial score (nSPS) is 11.1. The van der Waals surface area contributed by atoms with Crippen LogP contribution in [0.3, 0.4) is 0 Å². The van der Waals surface area contributed by atoms with E-state index in [1.54, 1.807) is 33.9 Å². The molecular weight excluding hydrogens is 646 g/mol. The van der Waals surface area contributed by atoms with Crippen LogP contribution >= 0.6 is 0 Å². The highest BCUT2D eigenvalue weighted by Gasteiger charge is 2.27. The van der Waals surface area contributed by atoms with E-state index in [1.165, 1.54) is 37.0 Å². The number of carbonyl (C=O) groups is 4. The van der Waals surface area contributed by atoms with Gasteiger partial charge < -0.3 is 40.9 Å². The van der Waals surface area contributed by atoms with Crippen LogP contribution in [0.5, 0.6) is 11.5 Å².